The van der Waals surface area contributed by atoms with Crippen molar-refractivity contribution in [1.82, 2.24) is 19.7 Å². The summed E-state index contributed by atoms with van der Waals surface area (Å²) in [5, 5.41) is 3.95. The molecule has 0 saturated heterocycles. The number of halogens is 5. The minimum absolute atomic E-state index is 0.107. The second kappa shape index (κ2) is 15.6. The number of imidazole rings is 1. The average Bonchev–Trinajstić information content (AvgIpc) is 3.43. The van der Waals surface area contributed by atoms with Gasteiger partial charge in [-0.05, 0) is 69.7 Å². The van der Waals surface area contributed by atoms with E-state index in [-0.39, 0.29) is 31.2 Å². The largest absolute Gasteiger partial charge is 0.411 e. The van der Waals surface area contributed by atoms with E-state index in [9.17, 15) is 31.5 Å². The van der Waals surface area contributed by atoms with Gasteiger partial charge in [-0.3, -0.25) is 14.3 Å². The summed E-state index contributed by atoms with van der Waals surface area (Å²) in [6.07, 6.45) is 0.400. The zero-order valence-corrected chi connectivity index (χ0v) is 25.6. The van der Waals surface area contributed by atoms with Crippen LogP contribution in [0.4, 0.5) is 22.0 Å². The van der Waals surface area contributed by atoms with Crippen LogP contribution in [0.2, 0.25) is 0 Å². The Balaban J connectivity index is 0.000000217. The van der Waals surface area contributed by atoms with Crippen LogP contribution in [0.25, 0.3) is 11.0 Å². The third-order valence-corrected chi connectivity index (χ3v) is 6.95. The van der Waals surface area contributed by atoms with Gasteiger partial charge >= 0.3 is 6.18 Å². The van der Waals surface area contributed by atoms with E-state index >= 15 is 0 Å². The lowest BCUT2D eigenvalue weighted by molar-refractivity contribution is -0.183. The van der Waals surface area contributed by atoms with Crippen molar-refractivity contribution in [3.8, 4) is 0 Å². The summed E-state index contributed by atoms with van der Waals surface area (Å²) in [5.74, 6) is -2.99. The van der Waals surface area contributed by atoms with Crippen molar-refractivity contribution in [1.29, 1.82) is 0 Å². The number of nitrogens with one attached hydrogen (secondary N) is 1. The maximum atomic E-state index is 12.2. The summed E-state index contributed by atoms with van der Waals surface area (Å²) in [7, 11) is 0. The van der Waals surface area contributed by atoms with E-state index in [1.54, 1.807) is 23.9 Å². The maximum absolute atomic E-state index is 12.2. The molecule has 2 aliphatic carbocycles. The number of carbonyl (C=O) groups is 2. The zero-order chi connectivity index (χ0) is 33.4. The summed E-state index contributed by atoms with van der Waals surface area (Å²) in [4.78, 5) is 28.5. The number of fused-ring (bicyclic) bond motifs is 1. The molecule has 2 saturated carbocycles. The van der Waals surface area contributed by atoms with Crippen molar-refractivity contribution >= 4 is 22.8 Å². The number of hydrogen-bond acceptors (Lipinski definition) is 6. The second-order valence-corrected chi connectivity index (χ2v) is 11.7. The standard InChI is InChI=1S/C17H21F3N2O2.C7H11N3O.C6H9F2NO/c1-11(24-10-17(18,19)20)8-16-21-14-5-2-12(9-15(14)22-16)6-7-23-13-3-4-13;1-5(2)10-6(7(8)11)3-4-9-10;7-6(8)2-4(3-6)1-5(9)10/h2,5,9,11,13H,3-4,6-8,10H2,1H3,(H,21,22);3-5H,1-2H3,(H2,8,11);4H,1-3H2,(H2,9,10)/t11-;;/m1../s1. The van der Waals surface area contributed by atoms with Crippen LogP contribution in [0.5, 0.6) is 0 Å². The SMILES string of the molecule is CC(C)n1nccc1C(N)=O.C[C@H](Cc1nc2ccc(CCOC3CC3)cc2[nH]1)OCC(F)(F)F.NC(=O)CC1CC(F)(F)C1. The Morgan fingerprint density at radius 1 is 1.13 bits per heavy atom. The van der Waals surface area contributed by atoms with E-state index in [1.165, 1.54) is 0 Å². The molecule has 0 radical (unpaired) electrons. The number of primary amides is 2. The molecule has 2 aromatic heterocycles. The first-order valence-corrected chi connectivity index (χ1v) is 14.8. The molecule has 0 aliphatic heterocycles. The molecule has 10 nitrogen and oxygen atoms in total. The van der Waals surface area contributed by atoms with Gasteiger partial charge in [0.05, 0.1) is 29.8 Å². The molecular weight excluding hydrogens is 603 g/mol. The highest BCUT2D eigenvalue weighted by Gasteiger charge is 2.45. The number of ether oxygens (including phenoxy) is 2. The number of alkyl halides is 5. The van der Waals surface area contributed by atoms with Crippen LogP contribution in [-0.2, 0) is 27.1 Å². The monoisotopic (exact) mass is 644 g/mol. The Labute approximate surface area is 258 Å². The first-order chi connectivity index (χ1) is 21.0. The molecule has 1 atom stereocenters. The third kappa shape index (κ3) is 12.7. The number of aromatic amines is 1. The molecule has 2 fully saturated rings. The lowest BCUT2D eigenvalue weighted by atomic mass is 9.79. The number of nitrogens with zero attached hydrogens (tertiary/aromatic N) is 3. The molecule has 2 heterocycles. The number of rotatable bonds is 12. The number of amides is 2. The molecule has 0 unspecified atom stereocenters. The van der Waals surface area contributed by atoms with E-state index in [4.69, 9.17) is 20.9 Å². The minimum atomic E-state index is -4.31. The molecule has 45 heavy (non-hydrogen) atoms. The van der Waals surface area contributed by atoms with Gasteiger partial charge in [0.25, 0.3) is 5.91 Å². The van der Waals surface area contributed by atoms with Gasteiger partial charge in [-0.2, -0.15) is 18.3 Å². The Morgan fingerprint density at radius 3 is 2.36 bits per heavy atom. The number of nitrogens with two attached hydrogens (primary N) is 2. The molecule has 1 aromatic carbocycles. The number of benzene rings is 1. The van der Waals surface area contributed by atoms with Crippen molar-refractivity contribution in [3.05, 3.63) is 47.5 Å². The van der Waals surface area contributed by atoms with Gasteiger partial charge in [0, 0.05) is 37.9 Å². The molecule has 0 bridgehead atoms. The summed E-state index contributed by atoms with van der Waals surface area (Å²) in [6, 6.07) is 7.73. The van der Waals surface area contributed by atoms with Gasteiger partial charge < -0.3 is 25.9 Å². The molecule has 3 aromatic rings. The fourth-order valence-electron chi connectivity index (χ4n) is 4.64. The summed E-state index contributed by atoms with van der Waals surface area (Å²) in [6.45, 7) is 4.97. The van der Waals surface area contributed by atoms with Gasteiger partial charge in [-0.1, -0.05) is 6.07 Å². The zero-order valence-electron chi connectivity index (χ0n) is 25.6. The molecule has 2 amide bonds. The van der Waals surface area contributed by atoms with Gasteiger partial charge in [-0.15, -0.1) is 0 Å². The normalized spacial score (nSPS) is 16.7. The second-order valence-electron chi connectivity index (χ2n) is 11.7. The van der Waals surface area contributed by atoms with Crippen LogP contribution < -0.4 is 11.5 Å². The molecular formula is C30H41F5N6O4. The Kier molecular flexibility index (Phi) is 12.4. The van der Waals surface area contributed by atoms with Crippen molar-refractivity contribution in [2.24, 2.45) is 17.4 Å². The first-order valence-electron chi connectivity index (χ1n) is 14.8. The van der Waals surface area contributed by atoms with Crippen LogP contribution in [-0.4, -0.2) is 69.1 Å². The highest BCUT2D eigenvalue weighted by atomic mass is 19.4. The number of hydrogen-bond donors (Lipinski definition) is 3. The average molecular weight is 645 g/mol. The van der Waals surface area contributed by atoms with Crippen LogP contribution >= 0.6 is 0 Å². The molecule has 2 aliphatic rings. The van der Waals surface area contributed by atoms with E-state index in [1.807, 2.05) is 32.0 Å². The lowest BCUT2D eigenvalue weighted by Crippen LogP contribution is -2.37. The van der Waals surface area contributed by atoms with Crippen LogP contribution in [0.1, 0.15) is 80.8 Å². The van der Waals surface area contributed by atoms with E-state index < -0.39 is 36.6 Å². The quantitative estimate of drug-likeness (QED) is 0.229. The van der Waals surface area contributed by atoms with E-state index in [0.29, 0.717) is 30.7 Å². The van der Waals surface area contributed by atoms with Crippen molar-refractivity contribution in [2.75, 3.05) is 13.2 Å². The number of carbonyl (C=O) groups excluding carboxylic acids is 2. The predicted molar refractivity (Wildman–Crippen MR) is 157 cm³/mol. The molecule has 5 rings (SSSR count). The van der Waals surface area contributed by atoms with Crippen LogP contribution in [0, 0.1) is 5.92 Å². The predicted octanol–water partition coefficient (Wildman–Crippen LogP) is 5.26. The molecule has 5 N–H and O–H groups in total. The van der Waals surface area contributed by atoms with Gasteiger partial charge in [-0.25, -0.2) is 13.8 Å². The van der Waals surface area contributed by atoms with E-state index in [2.05, 4.69) is 15.1 Å². The maximum Gasteiger partial charge on any atom is 0.411 e. The Bertz CT molecular complexity index is 1390. The highest BCUT2D eigenvalue weighted by Crippen LogP contribution is 2.43. The topological polar surface area (TPSA) is 151 Å². The van der Waals surface area contributed by atoms with Gasteiger partial charge in [0.2, 0.25) is 11.8 Å². The van der Waals surface area contributed by atoms with Crippen LogP contribution in [0.3, 0.4) is 0 Å². The van der Waals surface area contributed by atoms with E-state index in [0.717, 1.165) is 35.9 Å². The fraction of sp³-hybridized carbons (Fsp3) is 0.600. The first kappa shape index (κ1) is 35.9. The summed E-state index contributed by atoms with van der Waals surface area (Å²) < 4.78 is 72.7. The van der Waals surface area contributed by atoms with Crippen molar-refractivity contribution in [2.45, 2.75) is 96.1 Å². The fourth-order valence-corrected chi connectivity index (χ4v) is 4.64. The van der Waals surface area contributed by atoms with Crippen molar-refractivity contribution in [3.63, 3.8) is 0 Å². The van der Waals surface area contributed by atoms with Crippen molar-refractivity contribution < 1.29 is 41.0 Å². The number of H-pyrrole nitrogens is 1. The van der Waals surface area contributed by atoms with Gasteiger partial charge in [0.15, 0.2) is 0 Å². The Morgan fingerprint density at radius 2 is 1.82 bits per heavy atom. The lowest BCUT2D eigenvalue weighted by Gasteiger charge is -2.33. The minimum Gasteiger partial charge on any atom is -0.378 e. The highest BCUT2D eigenvalue weighted by molar-refractivity contribution is 5.90. The number of aromatic nitrogens is 4. The molecule has 0 spiro atoms. The Hall–Kier alpha value is -3.59. The third-order valence-electron chi connectivity index (χ3n) is 6.95. The summed E-state index contributed by atoms with van der Waals surface area (Å²) >= 11 is 0. The smallest absolute Gasteiger partial charge is 0.378 e. The molecule has 250 valence electrons. The van der Waals surface area contributed by atoms with Crippen LogP contribution in [0.15, 0.2) is 30.5 Å². The molecule has 15 heteroatoms. The van der Waals surface area contributed by atoms with Gasteiger partial charge in [0.1, 0.15) is 18.1 Å². The summed E-state index contributed by atoms with van der Waals surface area (Å²) in [5.41, 5.74) is 13.2.